The summed E-state index contributed by atoms with van der Waals surface area (Å²) in [7, 11) is 1.54. The van der Waals surface area contributed by atoms with Crippen molar-refractivity contribution < 1.29 is 33.3 Å². The Bertz CT molecular complexity index is 1070. The SMILES string of the molecule is CCOC(=O)c1c(NC(=O)/C=C/c2ccc(OC(C)C)c(OC)c2)sc(C(=O)OC(C)C)c1C. The quantitative estimate of drug-likeness (QED) is 0.359. The second kappa shape index (κ2) is 12.2. The number of thiophene rings is 1. The van der Waals surface area contributed by atoms with Crippen molar-refractivity contribution in [3.8, 4) is 11.5 Å². The molecule has 0 spiro atoms. The van der Waals surface area contributed by atoms with Gasteiger partial charge in [-0.3, -0.25) is 4.79 Å². The summed E-state index contributed by atoms with van der Waals surface area (Å²) in [6.45, 7) is 10.8. The molecule has 1 heterocycles. The number of benzene rings is 1. The fourth-order valence-electron chi connectivity index (χ4n) is 2.98. The van der Waals surface area contributed by atoms with Gasteiger partial charge in [0, 0.05) is 6.08 Å². The van der Waals surface area contributed by atoms with Crippen molar-refractivity contribution in [3.63, 3.8) is 0 Å². The minimum Gasteiger partial charge on any atom is -0.493 e. The highest BCUT2D eigenvalue weighted by atomic mass is 32.1. The molecule has 0 unspecified atom stereocenters. The zero-order chi connectivity index (χ0) is 25.4. The number of hydrogen-bond donors (Lipinski definition) is 1. The molecule has 0 saturated carbocycles. The topological polar surface area (TPSA) is 100 Å². The first kappa shape index (κ1) is 26.9. The maximum absolute atomic E-state index is 12.6. The van der Waals surface area contributed by atoms with Crippen LogP contribution in [0.25, 0.3) is 6.08 Å². The van der Waals surface area contributed by atoms with E-state index in [1.807, 2.05) is 13.8 Å². The summed E-state index contributed by atoms with van der Waals surface area (Å²) in [6, 6.07) is 5.31. The van der Waals surface area contributed by atoms with Crippen molar-refractivity contribution in [1.82, 2.24) is 0 Å². The van der Waals surface area contributed by atoms with Crippen molar-refractivity contribution in [2.24, 2.45) is 0 Å². The van der Waals surface area contributed by atoms with Crippen molar-refractivity contribution in [3.05, 3.63) is 45.8 Å². The molecule has 0 aliphatic carbocycles. The lowest BCUT2D eigenvalue weighted by molar-refractivity contribution is -0.111. The molecule has 0 atom stereocenters. The van der Waals surface area contributed by atoms with Gasteiger partial charge in [-0.1, -0.05) is 6.07 Å². The zero-order valence-electron chi connectivity index (χ0n) is 20.5. The van der Waals surface area contributed by atoms with Crippen molar-refractivity contribution in [2.45, 2.75) is 53.8 Å². The van der Waals surface area contributed by atoms with Gasteiger partial charge in [-0.2, -0.15) is 0 Å². The molecule has 1 amide bonds. The number of amides is 1. The maximum Gasteiger partial charge on any atom is 0.348 e. The van der Waals surface area contributed by atoms with Gasteiger partial charge in [-0.15, -0.1) is 11.3 Å². The van der Waals surface area contributed by atoms with E-state index in [2.05, 4.69) is 5.32 Å². The third-order valence-electron chi connectivity index (χ3n) is 4.37. The normalized spacial score (nSPS) is 11.1. The van der Waals surface area contributed by atoms with Crippen LogP contribution in [0.4, 0.5) is 5.00 Å². The van der Waals surface area contributed by atoms with E-state index in [1.165, 1.54) is 6.08 Å². The number of esters is 2. The highest BCUT2D eigenvalue weighted by Gasteiger charge is 2.27. The van der Waals surface area contributed by atoms with E-state index >= 15 is 0 Å². The number of rotatable bonds is 10. The smallest absolute Gasteiger partial charge is 0.348 e. The summed E-state index contributed by atoms with van der Waals surface area (Å²) in [5, 5.41) is 2.91. The summed E-state index contributed by atoms with van der Waals surface area (Å²) in [4.78, 5) is 37.9. The Morgan fingerprint density at radius 2 is 1.76 bits per heavy atom. The van der Waals surface area contributed by atoms with E-state index in [1.54, 1.807) is 59.1 Å². The van der Waals surface area contributed by atoms with E-state index in [4.69, 9.17) is 18.9 Å². The van der Waals surface area contributed by atoms with Gasteiger partial charge in [-0.25, -0.2) is 9.59 Å². The number of ether oxygens (including phenoxy) is 4. The summed E-state index contributed by atoms with van der Waals surface area (Å²) < 4.78 is 21.4. The van der Waals surface area contributed by atoms with E-state index in [0.717, 1.165) is 16.9 Å². The Balaban J connectivity index is 2.28. The molecule has 0 fully saturated rings. The van der Waals surface area contributed by atoms with Crippen LogP contribution in [0, 0.1) is 6.92 Å². The molecule has 0 radical (unpaired) electrons. The minimum atomic E-state index is -0.621. The molecule has 9 heteroatoms. The molecule has 0 aliphatic rings. The number of nitrogens with one attached hydrogen (secondary N) is 1. The first-order valence-corrected chi connectivity index (χ1v) is 11.7. The number of methoxy groups -OCH3 is 1. The van der Waals surface area contributed by atoms with Crippen LogP contribution in [0.2, 0.25) is 0 Å². The van der Waals surface area contributed by atoms with Gasteiger partial charge in [0.05, 0.1) is 31.5 Å². The lowest BCUT2D eigenvalue weighted by Gasteiger charge is -2.13. The molecule has 0 aliphatic heterocycles. The minimum absolute atomic E-state index is 0.00775. The fourth-order valence-corrected chi connectivity index (χ4v) is 4.06. The average Bonchev–Trinajstić information content (AvgIpc) is 3.08. The Morgan fingerprint density at radius 1 is 1.06 bits per heavy atom. The third kappa shape index (κ3) is 7.08. The summed E-state index contributed by atoms with van der Waals surface area (Å²) in [6.07, 6.45) is 2.60. The van der Waals surface area contributed by atoms with Crippen LogP contribution in [-0.2, 0) is 14.3 Å². The van der Waals surface area contributed by atoms with Gasteiger partial charge in [0.25, 0.3) is 0 Å². The monoisotopic (exact) mass is 489 g/mol. The van der Waals surface area contributed by atoms with Crippen molar-refractivity contribution in [2.75, 3.05) is 19.0 Å². The molecule has 184 valence electrons. The van der Waals surface area contributed by atoms with Crippen LogP contribution >= 0.6 is 11.3 Å². The number of anilines is 1. The van der Waals surface area contributed by atoms with Gasteiger partial charge in [0.2, 0.25) is 5.91 Å². The lowest BCUT2D eigenvalue weighted by atomic mass is 10.1. The average molecular weight is 490 g/mol. The molecular formula is C25H31NO7S. The van der Waals surface area contributed by atoms with Crippen LogP contribution in [0.1, 0.15) is 65.8 Å². The van der Waals surface area contributed by atoms with Gasteiger partial charge in [-0.05, 0) is 70.9 Å². The summed E-state index contributed by atoms with van der Waals surface area (Å²) in [5.74, 6) is -0.507. The molecule has 1 aromatic carbocycles. The molecule has 2 rings (SSSR count). The van der Waals surface area contributed by atoms with Crippen molar-refractivity contribution >= 4 is 40.3 Å². The van der Waals surface area contributed by atoms with E-state index in [9.17, 15) is 14.4 Å². The number of carbonyl (C=O) groups excluding carboxylic acids is 3. The van der Waals surface area contributed by atoms with Gasteiger partial charge in [0.15, 0.2) is 11.5 Å². The number of carbonyl (C=O) groups is 3. The Kier molecular flexibility index (Phi) is 9.68. The molecule has 0 bridgehead atoms. The van der Waals surface area contributed by atoms with Gasteiger partial charge < -0.3 is 24.3 Å². The first-order valence-electron chi connectivity index (χ1n) is 10.9. The molecule has 1 N–H and O–H groups in total. The number of hydrogen-bond acceptors (Lipinski definition) is 8. The first-order chi connectivity index (χ1) is 16.1. The second-order valence-electron chi connectivity index (χ2n) is 7.83. The van der Waals surface area contributed by atoms with Crippen LogP contribution < -0.4 is 14.8 Å². The fraction of sp³-hybridized carbons (Fsp3) is 0.400. The van der Waals surface area contributed by atoms with E-state index < -0.39 is 17.8 Å². The highest BCUT2D eigenvalue weighted by Crippen LogP contribution is 2.35. The molecule has 0 saturated heterocycles. The molecule has 2 aromatic rings. The zero-order valence-corrected chi connectivity index (χ0v) is 21.3. The summed E-state index contributed by atoms with van der Waals surface area (Å²) in [5.41, 5.74) is 1.26. The lowest BCUT2D eigenvalue weighted by Crippen LogP contribution is -2.13. The predicted molar refractivity (Wildman–Crippen MR) is 132 cm³/mol. The highest BCUT2D eigenvalue weighted by molar-refractivity contribution is 7.18. The van der Waals surface area contributed by atoms with Crippen LogP contribution in [0.5, 0.6) is 11.5 Å². The summed E-state index contributed by atoms with van der Waals surface area (Å²) >= 11 is 0.976. The third-order valence-corrected chi connectivity index (χ3v) is 5.56. The Labute approximate surface area is 203 Å². The van der Waals surface area contributed by atoms with Gasteiger partial charge in [0.1, 0.15) is 9.88 Å². The largest absolute Gasteiger partial charge is 0.493 e. The molecule has 34 heavy (non-hydrogen) atoms. The van der Waals surface area contributed by atoms with E-state index in [-0.39, 0.29) is 34.3 Å². The van der Waals surface area contributed by atoms with Crippen LogP contribution in [0.3, 0.4) is 0 Å². The van der Waals surface area contributed by atoms with Crippen LogP contribution in [-0.4, -0.2) is 43.8 Å². The van der Waals surface area contributed by atoms with E-state index in [0.29, 0.717) is 17.1 Å². The van der Waals surface area contributed by atoms with Crippen molar-refractivity contribution in [1.29, 1.82) is 0 Å². The Morgan fingerprint density at radius 3 is 2.35 bits per heavy atom. The standard InChI is InChI=1S/C25H31NO7S/c1-8-31-24(28)21-16(6)22(25(29)33-15(4)5)34-23(21)26-20(27)12-10-17-9-11-18(32-14(2)3)19(13-17)30-7/h9-15H,8H2,1-7H3,(H,26,27)/b12-10+. The molecular weight excluding hydrogens is 458 g/mol. The second-order valence-corrected chi connectivity index (χ2v) is 8.85. The molecule has 8 nitrogen and oxygen atoms in total. The molecule has 1 aromatic heterocycles. The maximum atomic E-state index is 12.6. The van der Waals surface area contributed by atoms with Gasteiger partial charge >= 0.3 is 11.9 Å². The van der Waals surface area contributed by atoms with Crippen LogP contribution in [0.15, 0.2) is 24.3 Å². The Hall–Kier alpha value is -3.33. The predicted octanol–water partition coefficient (Wildman–Crippen LogP) is 5.25.